The Morgan fingerprint density at radius 1 is 1.15 bits per heavy atom. The van der Waals surface area contributed by atoms with E-state index in [0.717, 1.165) is 11.8 Å². The molecule has 0 amide bonds. The lowest BCUT2D eigenvalue weighted by Crippen LogP contribution is -2.17. The van der Waals surface area contributed by atoms with E-state index in [-0.39, 0.29) is 0 Å². The Bertz CT molecular complexity index is 684. The molecule has 20 heavy (non-hydrogen) atoms. The Morgan fingerprint density at radius 2 is 2.00 bits per heavy atom. The van der Waals surface area contributed by atoms with E-state index in [9.17, 15) is 0 Å². The summed E-state index contributed by atoms with van der Waals surface area (Å²) in [7, 11) is 2.10. The highest BCUT2D eigenvalue weighted by Crippen LogP contribution is 2.55. The van der Waals surface area contributed by atoms with Crippen LogP contribution in [0.25, 0.3) is 9.40 Å². The molecule has 2 heterocycles. The molecule has 0 aliphatic heterocycles. The molecule has 0 bridgehead atoms. The van der Waals surface area contributed by atoms with Gasteiger partial charge in [-0.2, -0.15) is 0 Å². The van der Waals surface area contributed by atoms with Gasteiger partial charge in [-0.25, -0.2) is 0 Å². The highest BCUT2D eigenvalue weighted by Gasteiger charge is 2.44. The lowest BCUT2D eigenvalue weighted by Gasteiger charge is -2.14. The second-order valence-electron chi connectivity index (χ2n) is 5.48. The van der Waals surface area contributed by atoms with Gasteiger partial charge in [-0.1, -0.05) is 30.3 Å². The smallest absolute Gasteiger partial charge is 0.0454 e. The molecule has 1 aromatic carbocycles. The number of fused-ring (bicyclic) bond motifs is 1. The van der Waals surface area contributed by atoms with Gasteiger partial charge in [-0.05, 0) is 48.4 Å². The zero-order chi connectivity index (χ0) is 13.5. The molecule has 0 spiro atoms. The predicted molar refractivity (Wildman–Crippen MR) is 88.8 cm³/mol. The minimum atomic E-state index is 0.504. The van der Waals surface area contributed by atoms with Gasteiger partial charge in [0.2, 0.25) is 0 Å². The van der Waals surface area contributed by atoms with Gasteiger partial charge in [-0.3, -0.25) is 0 Å². The van der Waals surface area contributed by atoms with Crippen molar-refractivity contribution in [3.8, 4) is 0 Å². The molecule has 3 aromatic rings. The van der Waals surface area contributed by atoms with Crippen molar-refractivity contribution in [2.45, 2.75) is 18.4 Å². The Hall–Kier alpha value is -1.16. The fourth-order valence-electron chi connectivity index (χ4n) is 3.17. The monoisotopic (exact) mass is 299 g/mol. The van der Waals surface area contributed by atoms with Crippen molar-refractivity contribution in [2.75, 3.05) is 7.05 Å². The van der Waals surface area contributed by atoms with Crippen molar-refractivity contribution in [3.05, 3.63) is 58.3 Å². The molecule has 3 atom stereocenters. The topological polar surface area (TPSA) is 12.0 Å². The average Bonchev–Trinajstić information content (AvgIpc) is 2.95. The van der Waals surface area contributed by atoms with E-state index in [2.05, 4.69) is 60.2 Å². The normalized spacial score (nSPS) is 23.1. The number of nitrogens with one attached hydrogen (secondary N) is 1. The maximum absolute atomic E-state index is 3.55. The van der Waals surface area contributed by atoms with E-state index in [4.69, 9.17) is 0 Å². The van der Waals surface area contributed by atoms with Gasteiger partial charge in [0.25, 0.3) is 0 Å². The summed E-state index contributed by atoms with van der Waals surface area (Å²) in [6.07, 6.45) is 1.31. The first-order valence-electron chi connectivity index (χ1n) is 7.06. The van der Waals surface area contributed by atoms with Gasteiger partial charge in [0.1, 0.15) is 0 Å². The third-order valence-electron chi connectivity index (χ3n) is 4.27. The molecule has 2 aromatic heterocycles. The van der Waals surface area contributed by atoms with Crippen molar-refractivity contribution in [1.82, 2.24) is 5.32 Å². The minimum Gasteiger partial charge on any atom is -0.312 e. The quantitative estimate of drug-likeness (QED) is 0.712. The molecule has 4 rings (SSSR count). The van der Waals surface area contributed by atoms with Crippen LogP contribution in [0.2, 0.25) is 0 Å². The van der Waals surface area contributed by atoms with Gasteiger partial charge in [0.05, 0.1) is 0 Å². The van der Waals surface area contributed by atoms with Crippen LogP contribution in [0.5, 0.6) is 0 Å². The Kier molecular flexibility index (Phi) is 3.14. The third-order valence-corrected chi connectivity index (χ3v) is 6.45. The van der Waals surface area contributed by atoms with Crippen LogP contribution >= 0.6 is 22.7 Å². The molecular weight excluding hydrogens is 282 g/mol. The standard InChI is InChI=1S/C17H17NS2/c1-18-17(16-10-15-14(20-16)7-8-19-15)13-9-12(13)11-5-3-2-4-6-11/h2-8,10,12-13,17-18H,9H2,1H3. The second kappa shape index (κ2) is 4.99. The molecule has 102 valence electrons. The second-order valence-corrected chi connectivity index (χ2v) is 7.54. The number of rotatable bonds is 4. The van der Waals surface area contributed by atoms with Gasteiger partial charge in [-0.15, -0.1) is 22.7 Å². The van der Waals surface area contributed by atoms with Gasteiger partial charge in [0, 0.05) is 20.3 Å². The van der Waals surface area contributed by atoms with Crippen LogP contribution in [0.1, 0.15) is 28.8 Å². The van der Waals surface area contributed by atoms with Crippen LogP contribution in [-0.2, 0) is 0 Å². The molecule has 3 unspecified atom stereocenters. The Morgan fingerprint density at radius 3 is 2.75 bits per heavy atom. The van der Waals surface area contributed by atoms with Crippen molar-refractivity contribution >= 4 is 32.1 Å². The number of hydrogen-bond donors (Lipinski definition) is 1. The summed E-state index contributed by atoms with van der Waals surface area (Å²) in [6, 6.07) is 16.1. The summed E-state index contributed by atoms with van der Waals surface area (Å²) < 4.78 is 2.87. The van der Waals surface area contributed by atoms with Crippen LogP contribution in [-0.4, -0.2) is 7.05 Å². The molecule has 1 aliphatic rings. The molecule has 1 fully saturated rings. The highest BCUT2D eigenvalue weighted by molar-refractivity contribution is 7.26. The van der Waals surface area contributed by atoms with Crippen LogP contribution in [0.3, 0.4) is 0 Å². The molecule has 0 saturated heterocycles. The van der Waals surface area contributed by atoms with Crippen LogP contribution in [0.4, 0.5) is 0 Å². The molecule has 1 saturated carbocycles. The first kappa shape index (κ1) is 12.6. The minimum absolute atomic E-state index is 0.504. The van der Waals surface area contributed by atoms with E-state index >= 15 is 0 Å². The summed E-state index contributed by atoms with van der Waals surface area (Å²) >= 11 is 3.80. The molecular formula is C17H17NS2. The zero-order valence-electron chi connectivity index (χ0n) is 11.4. The summed E-state index contributed by atoms with van der Waals surface area (Å²) in [6.45, 7) is 0. The molecule has 1 N–H and O–H groups in total. The summed E-state index contributed by atoms with van der Waals surface area (Å²) in [5.41, 5.74) is 1.50. The largest absolute Gasteiger partial charge is 0.312 e. The van der Waals surface area contributed by atoms with E-state index in [1.807, 2.05) is 22.7 Å². The number of thiophene rings is 2. The summed E-state index contributed by atoms with van der Waals surface area (Å²) in [4.78, 5) is 1.50. The Balaban J connectivity index is 1.59. The lowest BCUT2D eigenvalue weighted by molar-refractivity contribution is 0.526. The first-order valence-corrected chi connectivity index (χ1v) is 8.75. The number of hydrogen-bond acceptors (Lipinski definition) is 3. The van der Waals surface area contributed by atoms with Gasteiger partial charge in [0.15, 0.2) is 0 Å². The maximum Gasteiger partial charge on any atom is 0.0454 e. The van der Waals surface area contributed by atoms with E-state index < -0.39 is 0 Å². The van der Waals surface area contributed by atoms with Crippen LogP contribution in [0.15, 0.2) is 47.8 Å². The van der Waals surface area contributed by atoms with Gasteiger partial charge < -0.3 is 5.32 Å². The fourth-order valence-corrected chi connectivity index (χ4v) is 5.48. The van der Waals surface area contributed by atoms with E-state index in [0.29, 0.717) is 6.04 Å². The van der Waals surface area contributed by atoms with Gasteiger partial charge >= 0.3 is 0 Å². The fraction of sp³-hybridized carbons (Fsp3) is 0.294. The maximum atomic E-state index is 3.55. The summed E-state index contributed by atoms with van der Waals surface area (Å²) in [5, 5.41) is 5.73. The lowest BCUT2D eigenvalue weighted by atomic mass is 10.0. The van der Waals surface area contributed by atoms with Crippen LogP contribution in [0, 0.1) is 5.92 Å². The third kappa shape index (κ3) is 2.10. The predicted octanol–water partition coefficient (Wildman–Crippen LogP) is 5.03. The van der Waals surface area contributed by atoms with Crippen LogP contribution < -0.4 is 5.32 Å². The Labute approximate surface area is 127 Å². The number of benzene rings is 1. The average molecular weight is 299 g/mol. The summed E-state index contributed by atoms with van der Waals surface area (Å²) in [5.74, 6) is 1.48. The van der Waals surface area contributed by atoms with Crippen molar-refractivity contribution < 1.29 is 0 Å². The zero-order valence-corrected chi connectivity index (χ0v) is 13.0. The molecule has 0 radical (unpaired) electrons. The van der Waals surface area contributed by atoms with E-state index in [1.165, 1.54) is 26.3 Å². The molecule has 1 aliphatic carbocycles. The van der Waals surface area contributed by atoms with E-state index in [1.54, 1.807) is 0 Å². The molecule has 1 nitrogen and oxygen atoms in total. The highest BCUT2D eigenvalue weighted by atomic mass is 32.1. The van der Waals surface area contributed by atoms with Crippen molar-refractivity contribution in [1.29, 1.82) is 0 Å². The SMILES string of the molecule is CNC(c1cc2sccc2s1)C1CC1c1ccccc1. The van der Waals surface area contributed by atoms with Crippen molar-refractivity contribution in [3.63, 3.8) is 0 Å². The first-order chi connectivity index (χ1) is 9.86. The van der Waals surface area contributed by atoms with Crippen molar-refractivity contribution in [2.24, 2.45) is 5.92 Å². The molecule has 3 heteroatoms.